The Kier molecular flexibility index (Phi) is 6.58. The molecule has 0 heterocycles. The first-order valence-corrected chi connectivity index (χ1v) is 4.39. The van der Waals surface area contributed by atoms with Crippen LogP contribution in [-0.4, -0.2) is 25.2 Å². The highest BCUT2D eigenvalue weighted by Crippen LogP contribution is 2.02. The van der Waals surface area contributed by atoms with E-state index in [-0.39, 0.29) is 6.10 Å². The molecule has 1 atom stereocenters. The molecule has 0 aliphatic heterocycles. The molecule has 0 spiro atoms. The fourth-order valence-electron chi connectivity index (χ4n) is 0.496. The Morgan fingerprint density at radius 3 is 2.67 bits per heavy atom. The van der Waals surface area contributed by atoms with Crippen molar-refractivity contribution in [3.63, 3.8) is 0 Å². The lowest BCUT2D eigenvalue weighted by atomic mass is 10.3. The van der Waals surface area contributed by atoms with Crippen LogP contribution in [0.15, 0.2) is 0 Å². The van der Waals surface area contributed by atoms with E-state index in [1.807, 2.05) is 18.7 Å². The molecule has 0 aromatic rings. The summed E-state index contributed by atoms with van der Waals surface area (Å²) in [5.41, 5.74) is 0. The second kappa shape index (κ2) is 6.39. The average Bonchev–Trinajstić information content (AvgIpc) is 1.85. The number of rotatable bonds is 5. The van der Waals surface area contributed by atoms with Gasteiger partial charge in [-0.1, -0.05) is 0 Å². The third-order valence-corrected chi connectivity index (χ3v) is 1.63. The first-order valence-electron chi connectivity index (χ1n) is 2.99. The average molecular weight is 150 g/mol. The second-order valence-electron chi connectivity index (χ2n) is 1.85. The molecule has 0 N–H and O–H groups in total. The lowest BCUT2D eigenvalue weighted by Crippen LogP contribution is -2.07. The normalized spacial score (nSPS) is 13.7. The summed E-state index contributed by atoms with van der Waals surface area (Å²) in [5.74, 6) is 1.13. The minimum absolute atomic E-state index is 0.224. The molecule has 9 heavy (non-hydrogen) atoms. The molecule has 0 aliphatic rings. The SMILES string of the molecule is COOC(C)CCSC. The summed E-state index contributed by atoms with van der Waals surface area (Å²) < 4.78 is 0. The van der Waals surface area contributed by atoms with Gasteiger partial charge in [-0.2, -0.15) is 11.8 Å². The zero-order valence-corrected chi connectivity index (χ0v) is 7.03. The van der Waals surface area contributed by atoms with Crippen LogP contribution >= 0.6 is 11.8 Å². The largest absolute Gasteiger partial charge is 0.240 e. The Balaban J connectivity index is 2.95. The van der Waals surface area contributed by atoms with Crippen molar-refractivity contribution in [1.82, 2.24) is 0 Å². The van der Waals surface area contributed by atoms with Crippen LogP contribution in [0.3, 0.4) is 0 Å². The topological polar surface area (TPSA) is 18.5 Å². The van der Waals surface area contributed by atoms with Gasteiger partial charge >= 0.3 is 0 Å². The zero-order valence-electron chi connectivity index (χ0n) is 6.22. The quantitative estimate of drug-likeness (QED) is 0.439. The third-order valence-electron chi connectivity index (χ3n) is 0.989. The predicted molar refractivity (Wildman–Crippen MR) is 40.6 cm³/mol. The molecule has 0 aliphatic carbocycles. The van der Waals surface area contributed by atoms with E-state index in [0.29, 0.717) is 0 Å². The first-order chi connectivity index (χ1) is 4.31. The molecule has 0 radical (unpaired) electrons. The lowest BCUT2D eigenvalue weighted by molar-refractivity contribution is -0.300. The molecule has 56 valence electrons. The van der Waals surface area contributed by atoms with E-state index in [1.54, 1.807) is 0 Å². The van der Waals surface area contributed by atoms with Crippen molar-refractivity contribution >= 4 is 11.8 Å². The summed E-state index contributed by atoms with van der Waals surface area (Å²) in [6.45, 7) is 2.00. The molecule has 0 fully saturated rings. The highest BCUT2D eigenvalue weighted by Gasteiger charge is 1.99. The molecule has 0 rings (SSSR count). The van der Waals surface area contributed by atoms with Crippen LogP contribution in [0, 0.1) is 0 Å². The van der Waals surface area contributed by atoms with Gasteiger partial charge in [-0.25, -0.2) is 9.78 Å². The van der Waals surface area contributed by atoms with Crippen molar-refractivity contribution in [3.8, 4) is 0 Å². The van der Waals surface area contributed by atoms with Crippen LogP contribution in [0.1, 0.15) is 13.3 Å². The lowest BCUT2D eigenvalue weighted by Gasteiger charge is -2.07. The first kappa shape index (κ1) is 9.27. The van der Waals surface area contributed by atoms with Gasteiger partial charge in [0.2, 0.25) is 0 Å². The van der Waals surface area contributed by atoms with Gasteiger partial charge in [0.05, 0.1) is 13.2 Å². The molecule has 0 aromatic heterocycles. The monoisotopic (exact) mass is 150 g/mol. The molecule has 1 unspecified atom stereocenters. The molecular formula is C6H14O2S. The maximum absolute atomic E-state index is 4.83. The van der Waals surface area contributed by atoms with Crippen molar-refractivity contribution in [1.29, 1.82) is 0 Å². The summed E-state index contributed by atoms with van der Waals surface area (Å²) in [6.07, 6.45) is 3.36. The molecule has 3 heteroatoms. The summed E-state index contributed by atoms with van der Waals surface area (Å²) in [4.78, 5) is 9.32. The molecule has 2 nitrogen and oxygen atoms in total. The van der Waals surface area contributed by atoms with Gasteiger partial charge in [-0.05, 0) is 25.4 Å². The van der Waals surface area contributed by atoms with Gasteiger partial charge < -0.3 is 0 Å². The number of hydrogen-bond donors (Lipinski definition) is 0. The van der Waals surface area contributed by atoms with Crippen molar-refractivity contribution in [2.24, 2.45) is 0 Å². The van der Waals surface area contributed by atoms with E-state index in [9.17, 15) is 0 Å². The van der Waals surface area contributed by atoms with E-state index < -0.39 is 0 Å². The van der Waals surface area contributed by atoms with Crippen LogP contribution < -0.4 is 0 Å². The zero-order chi connectivity index (χ0) is 7.11. The Morgan fingerprint density at radius 2 is 2.22 bits per heavy atom. The van der Waals surface area contributed by atoms with Crippen LogP contribution in [0.5, 0.6) is 0 Å². The number of hydrogen-bond acceptors (Lipinski definition) is 3. The standard InChI is InChI=1S/C6H14O2S/c1-6(8-7-2)4-5-9-3/h6H,4-5H2,1-3H3. The summed E-state index contributed by atoms with van der Waals surface area (Å²) >= 11 is 1.82. The van der Waals surface area contributed by atoms with Crippen molar-refractivity contribution < 1.29 is 9.78 Å². The third kappa shape index (κ3) is 6.15. The fourth-order valence-corrected chi connectivity index (χ4v) is 1.06. The van der Waals surface area contributed by atoms with E-state index in [2.05, 4.69) is 11.1 Å². The van der Waals surface area contributed by atoms with Gasteiger partial charge in [-0.15, -0.1) is 0 Å². The maximum Gasteiger partial charge on any atom is 0.0909 e. The predicted octanol–water partition coefficient (Wildman–Crippen LogP) is 1.71. The summed E-state index contributed by atoms with van der Waals surface area (Å²) in [5, 5.41) is 0. The smallest absolute Gasteiger partial charge is 0.0909 e. The van der Waals surface area contributed by atoms with Crippen LogP contribution in [0.4, 0.5) is 0 Å². The highest BCUT2D eigenvalue weighted by molar-refractivity contribution is 7.98. The van der Waals surface area contributed by atoms with E-state index in [4.69, 9.17) is 4.89 Å². The maximum atomic E-state index is 4.83. The Hall–Kier alpha value is 0.270. The molecule has 0 amide bonds. The van der Waals surface area contributed by atoms with E-state index in [1.165, 1.54) is 7.11 Å². The molecular weight excluding hydrogens is 136 g/mol. The molecule has 0 bridgehead atoms. The molecule has 0 saturated heterocycles. The van der Waals surface area contributed by atoms with Crippen molar-refractivity contribution in [2.45, 2.75) is 19.4 Å². The Labute approximate surface area is 60.8 Å². The minimum atomic E-state index is 0.224. The van der Waals surface area contributed by atoms with Crippen molar-refractivity contribution in [3.05, 3.63) is 0 Å². The Bertz CT molecular complexity index is 59.0. The van der Waals surface area contributed by atoms with Crippen LogP contribution in [0.25, 0.3) is 0 Å². The van der Waals surface area contributed by atoms with Gasteiger partial charge in [0.1, 0.15) is 0 Å². The van der Waals surface area contributed by atoms with Crippen molar-refractivity contribution in [2.75, 3.05) is 19.1 Å². The highest BCUT2D eigenvalue weighted by atomic mass is 32.2. The van der Waals surface area contributed by atoms with Gasteiger partial charge in [0.15, 0.2) is 0 Å². The van der Waals surface area contributed by atoms with Crippen LogP contribution in [0.2, 0.25) is 0 Å². The van der Waals surface area contributed by atoms with Gasteiger partial charge in [0.25, 0.3) is 0 Å². The number of thioether (sulfide) groups is 1. The second-order valence-corrected chi connectivity index (χ2v) is 2.84. The molecule has 0 aromatic carbocycles. The Morgan fingerprint density at radius 1 is 1.56 bits per heavy atom. The van der Waals surface area contributed by atoms with E-state index >= 15 is 0 Å². The minimum Gasteiger partial charge on any atom is -0.240 e. The summed E-state index contributed by atoms with van der Waals surface area (Å²) in [7, 11) is 1.54. The van der Waals surface area contributed by atoms with Gasteiger partial charge in [0, 0.05) is 0 Å². The van der Waals surface area contributed by atoms with Crippen LogP contribution in [-0.2, 0) is 9.78 Å². The fraction of sp³-hybridized carbons (Fsp3) is 1.00. The molecule has 0 saturated carbocycles. The summed E-state index contributed by atoms with van der Waals surface area (Å²) in [6, 6.07) is 0. The van der Waals surface area contributed by atoms with Gasteiger partial charge in [-0.3, -0.25) is 0 Å². The van der Waals surface area contributed by atoms with E-state index in [0.717, 1.165) is 12.2 Å².